The molecule has 0 unspecified atom stereocenters. The highest BCUT2D eigenvalue weighted by Crippen LogP contribution is 2.21. The fraction of sp³-hybridized carbons (Fsp3) is 0. The number of rotatable bonds is 1. The fourth-order valence-corrected chi connectivity index (χ4v) is 1.27. The smallest absolute Gasteiger partial charge is 0.288 e. The molecule has 0 radical (unpaired) electrons. The van der Waals surface area contributed by atoms with Gasteiger partial charge in [0.2, 0.25) is 5.96 Å². The second kappa shape index (κ2) is 3.90. The quantitative estimate of drug-likeness (QED) is 0.711. The van der Waals surface area contributed by atoms with E-state index in [4.69, 9.17) is 11.6 Å². The minimum absolute atomic E-state index is 0.00215. The summed E-state index contributed by atoms with van der Waals surface area (Å²) in [7, 11) is 0. The molecule has 1 aliphatic heterocycles. The Morgan fingerprint density at radius 3 is 2.38 bits per heavy atom. The number of guanidine groups is 1. The van der Waals surface area contributed by atoms with Gasteiger partial charge in [-0.2, -0.15) is 0 Å². The molecule has 2 rings (SSSR count). The summed E-state index contributed by atoms with van der Waals surface area (Å²) in [4.78, 5) is 25.5. The monoisotopic (exact) mass is 241 g/mol. The summed E-state index contributed by atoms with van der Waals surface area (Å²) in [5.74, 6) is -2.14. The van der Waals surface area contributed by atoms with E-state index in [1.165, 1.54) is 12.1 Å². The van der Waals surface area contributed by atoms with E-state index in [-0.39, 0.29) is 11.0 Å². The van der Waals surface area contributed by atoms with Gasteiger partial charge in [-0.05, 0) is 18.2 Å². The molecule has 2 amide bonds. The van der Waals surface area contributed by atoms with Crippen LogP contribution in [0.15, 0.2) is 23.2 Å². The molecule has 1 aromatic carbocycles. The topological polar surface area (TPSA) is 70.6 Å². The van der Waals surface area contributed by atoms with Gasteiger partial charge in [0, 0.05) is 0 Å². The average molecular weight is 242 g/mol. The molecule has 1 saturated heterocycles. The maximum Gasteiger partial charge on any atom is 0.316 e. The number of aliphatic imine (C=N–C) groups is 1. The van der Waals surface area contributed by atoms with Crippen molar-refractivity contribution in [1.29, 1.82) is 0 Å². The molecule has 0 bridgehead atoms. The number of carbonyl (C=O) groups is 2. The van der Waals surface area contributed by atoms with Gasteiger partial charge in [-0.15, -0.1) is 0 Å². The van der Waals surface area contributed by atoms with E-state index in [1.807, 2.05) is 0 Å². The highest BCUT2D eigenvalue weighted by Gasteiger charge is 2.25. The Balaban J connectivity index is 2.27. The van der Waals surface area contributed by atoms with Crippen molar-refractivity contribution in [3.8, 4) is 0 Å². The zero-order chi connectivity index (χ0) is 11.7. The zero-order valence-electron chi connectivity index (χ0n) is 7.75. The van der Waals surface area contributed by atoms with E-state index in [1.54, 1.807) is 0 Å². The molecule has 0 saturated carbocycles. The van der Waals surface area contributed by atoms with Crippen LogP contribution in [0, 0.1) is 5.82 Å². The van der Waals surface area contributed by atoms with Crippen molar-refractivity contribution < 1.29 is 14.0 Å². The highest BCUT2D eigenvalue weighted by molar-refractivity contribution is 6.45. The normalized spacial score (nSPS) is 14.8. The maximum absolute atomic E-state index is 12.8. The molecule has 2 N–H and O–H groups in total. The summed E-state index contributed by atoms with van der Waals surface area (Å²) < 4.78 is 12.8. The van der Waals surface area contributed by atoms with Gasteiger partial charge < -0.3 is 0 Å². The molecule has 1 aliphatic rings. The number of halogens is 2. The number of benzene rings is 1. The van der Waals surface area contributed by atoms with Crippen LogP contribution in [0.4, 0.5) is 10.1 Å². The van der Waals surface area contributed by atoms with E-state index in [9.17, 15) is 14.0 Å². The molecule has 0 aliphatic carbocycles. The fourth-order valence-electron chi connectivity index (χ4n) is 1.10. The third kappa shape index (κ3) is 2.01. The first-order chi connectivity index (χ1) is 7.56. The summed E-state index contributed by atoms with van der Waals surface area (Å²) in [6.45, 7) is 0. The van der Waals surface area contributed by atoms with Crippen LogP contribution in [0.3, 0.4) is 0 Å². The van der Waals surface area contributed by atoms with Crippen LogP contribution in [0.5, 0.6) is 0 Å². The molecule has 82 valence electrons. The minimum Gasteiger partial charge on any atom is -0.288 e. The Kier molecular flexibility index (Phi) is 2.57. The molecule has 1 heterocycles. The zero-order valence-corrected chi connectivity index (χ0v) is 8.51. The average Bonchev–Trinajstić information content (AvgIpc) is 2.52. The summed E-state index contributed by atoms with van der Waals surface area (Å²) in [5, 5.41) is 4.31. The molecule has 0 aromatic heterocycles. The summed E-state index contributed by atoms with van der Waals surface area (Å²) in [6, 6.07) is 3.78. The van der Waals surface area contributed by atoms with E-state index >= 15 is 0 Å². The molecule has 1 aromatic rings. The van der Waals surface area contributed by atoms with Crippen LogP contribution >= 0.6 is 11.6 Å². The van der Waals surface area contributed by atoms with Gasteiger partial charge in [-0.1, -0.05) is 11.6 Å². The number of hydrogen-bond acceptors (Lipinski definition) is 3. The van der Waals surface area contributed by atoms with Gasteiger partial charge in [0.05, 0.1) is 10.7 Å². The Bertz CT molecular complexity index is 497. The molecule has 5 nitrogen and oxygen atoms in total. The number of nitrogens with one attached hydrogen (secondary N) is 2. The van der Waals surface area contributed by atoms with Crippen LogP contribution in [-0.4, -0.2) is 17.8 Å². The van der Waals surface area contributed by atoms with E-state index in [0.717, 1.165) is 6.07 Å². The predicted octanol–water partition coefficient (Wildman–Crippen LogP) is 0.713. The molecule has 7 heteroatoms. The lowest BCUT2D eigenvalue weighted by atomic mass is 10.3. The van der Waals surface area contributed by atoms with Crippen molar-refractivity contribution in [1.82, 2.24) is 10.6 Å². The van der Waals surface area contributed by atoms with Gasteiger partial charge in [0.15, 0.2) is 0 Å². The first-order valence-corrected chi connectivity index (χ1v) is 4.60. The van der Waals surface area contributed by atoms with Crippen molar-refractivity contribution in [2.24, 2.45) is 4.99 Å². The van der Waals surface area contributed by atoms with Crippen LogP contribution in [0.25, 0.3) is 0 Å². The van der Waals surface area contributed by atoms with E-state index in [0.29, 0.717) is 5.69 Å². The van der Waals surface area contributed by atoms with E-state index < -0.39 is 17.6 Å². The van der Waals surface area contributed by atoms with Gasteiger partial charge in [-0.25, -0.2) is 9.38 Å². The second-order valence-corrected chi connectivity index (χ2v) is 3.37. The predicted molar refractivity (Wildman–Crippen MR) is 54.8 cm³/mol. The molecular formula is C9H5ClFN3O2. The van der Waals surface area contributed by atoms with Crippen LogP contribution in [0.1, 0.15) is 0 Å². The SMILES string of the molecule is O=C1NC(=Nc2ccc(F)c(Cl)c2)NC1=O. The highest BCUT2D eigenvalue weighted by atomic mass is 35.5. The van der Waals surface area contributed by atoms with Gasteiger partial charge in [0.25, 0.3) is 0 Å². The largest absolute Gasteiger partial charge is 0.316 e. The van der Waals surface area contributed by atoms with Crippen LogP contribution < -0.4 is 10.6 Å². The lowest BCUT2D eigenvalue weighted by molar-refractivity contribution is -0.135. The third-order valence-corrected chi connectivity index (χ3v) is 2.10. The lowest BCUT2D eigenvalue weighted by Crippen LogP contribution is -2.24. The van der Waals surface area contributed by atoms with E-state index in [2.05, 4.69) is 15.6 Å². The molecular weight excluding hydrogens is 237 g/mol. The first-order valence-electron chi connectivity index (χ1n) is 4.22. The van der Waals surface area contributed by atoms with Crippen molar-refractivity contribution in [2.45, 2.75) is 0 Å². The second-order valence-electron chi connectivity index (χ2n) is 2.97. The van der Waals surface area contributed by atoms with Crippen molar-refractivity contribution in [3.05, 3.63) is 29.0 Å². The minimum atomic E-state index is -0.785. The number of nitrogens with zero attached hydrogens (tertiary/aromatic N) is 1. The Morgan fingerprint density at radius 2 is 1.81 bits per heavy atom. The van der Waals surface area contributed by atoms with Crippen molar-refractivity contribution in [2.75, 3.05) is 0 Å². The van der Waals surface area contributed by atoms with Gasteiger partial charge >= 0.3 is 11.8 Å². The van der Waals surface area contributed by atoms with Gasteiger partial charge in [-0.3, -0.25) is 20.2 Å². The Hall–Kier alpha value is -1.95. The third-order valence-electron chi connectivity index (χ3n) is 1.81. The Morgan fingerprint density at radius 1 is 1.19 bits per heavy atom. The van der Waals surface area contributed by atoms with Gasteiger partial charge in [0.1, 0.15) is 5.82 Å². The summed E-state index contributed by atoms with van der Waals surface area (Å²) in [6.07, 6.45) is 0. The summed E-state index contributed by atoms with van der Waals surface area (Å²) in [5.41, 5.74) is 0.323. The first kappa shape index (κ1) is 10.6. The van der Waals surface area contributed by atoms with Crippen LogP contribution in [0.2, 0.25) is 5.02 Å². The standard InChI is InChI=1S/C9H5ClFN3O2/c10-5-3-4(1-2-6(5)11)12-9-13-7(15)8(16)14-9/h1-3H,(H2,12,13,14,15,16). The number of carbonyl (C=O) groups excluding carboxylic acids is 2. The molecule has 16 heavy (non-hydrogen) atoms. The molecule has 0 spiro atoms. The maximum atomic E-state index is 12.8. The number of hydrogen-bond donors (Lipinski definition) is 2. The van der Waals surface area contributed by atoms with Crippen molar-refractivity contribution in [3.63, 3.8) is 0 Å². The molecule has 0 atom stereocenters. The lowest BCUT2D eigenvalue weighted by Gasteiger charge is -1.98. The van der Waals surface area contributed by atoms with Crippen LogP contribution in [-0.2, 0) is 9.59 Å². The Labute approximate surface area is 94.3 Å². The van der Waals surface area contributed by atoms with Crippen molar-refractivity contribution >= 4 is 35.1 Å². The molecule has 1 fully saturated rings. The number of amides is 2. The summed E-state index contributed by atoms with van der Waals surface area (Å²) >= 11 is 5.54.